The lowest BCUT2D eigenvalue weighted by Crippen LogP contribution is -2.21. The van der Waals surface area contributed by atoms with Crippen molar-refractivity contribution in [3.8, 4) is 122 Å². The summed E-state index contributed by atoms with van der Waals surface area (Å²) in [4.78, 5) is 4.64. The lowest BCUT2D eigenvalue weighted by molar-refractivity contribution is 0.423. The maximum absolute atomic E-state index is 3.48. The molecule has 150 heavy (non-hydrogen) atoms. The van der Waals surface area contributed by atoms with Crippen LogP contribution in [0.25, 0.3) is 188 Å². The summed E-state index contributed by atoms with van der Waals surface area (Å²) < 4.78 is 7.40. The average Bonchev–Trinajstić information content (AvgIpc) is 1.59. The summed E-state index contributed by atoms with van der Waals surface area (Å²) in [5.74, 6) is 0. The van der Waals surface area contributed by atoms with Crippen LogP contribution in [0, 0.1) is 0 Å². The van der Waals surface area contributed by atoms with E-state index < -0.39 is 0 Å². The highest BCUT2D eigenvalue weighted by molar-refractivity contribution is 6.12. The second-order valence-electron chi connectivity index (χ2n) is 42.0. The first-order valence-electron chi connectivity index (χ1n) is 52.2. The maximum Gasteiger partial charge on any atom is 0.0496 e. The van der Waals surface area contributed by atoms with E-state index in [0.717, 1.165) is 45.5 Å². The van der Waals surface area contributed by atoms with E-state index in [-0.39, 0.29) is 16.6 Å². The van der Waals surface area contributed by atoms with Crippen LogP contribution in [-0.4, -0.2) is 13.7 Å². The maximum atomic E-state index is 3.48. The van der Waals surface area contributed by atoms with E-state index in [4.69, 9.17) is 0 Å². The Morgan fingerprint density at radius 2 is 0.333 bits per heavy atom. The molecule has 0 aliphatic carbocycles. The van der Waals surface area contributed by atoms with Gasteiger partial charge in [0.2, 0.25) is 0 Å². The Bertz CT molecular complexity index is 9090. The highest BCUT2D eigenvalue weighted by Crippen LogP contribution is 2.47. The van der Waals surface area contributed by atoms with Gasteiger partial charge in [0.1, 0.15) is 0 Å². The first-order chi connectivity index (χ1) is 73.3. The summed E-state index contributed by atoms with van der Waals surface area (Å²) in [7, 11) is 0. The largest absolute Gasteiger partial charge is 0.356 e. The summed E-state index contributed by atoms with van der Waals surface area (Å²) >= 11 is 0. The molecule has 0 saturated heterocycles. The van der Waals surface area contributed by atoms with Crippen LogP contribution in [0.2, 0.25) is 0 Å². The van der Waals surface area contributed by atoms with E-state index in [9.17, 15) is 0 Å². The molecule has 0 aliphatic rings. The minimum Gasteiger partial charge on any atom is -0.356 e. The molecule has 0 aliphatic heterocycles. The molecular formula is C144H118N6. The molecular weight excluding hydrogens is 1810 g/mol. The third-order valence-corrected chi connectivity index (χ3v) is 29.0. The van der Waals surface area contributed by atoms with Crippen LogP contribution >= 0.6 is 0 Å². The van der Waals surface area contributed by atoms with Gasteiger partial charge in [0, 0.05) is 128 Å². The van der Waals surface area contributed by atoms with Crippen LogP contribution in [0.15, 0.2) is 546 Å². The predicted octanol–water partition coefficient (Wildman–Crippen LogP) is 40.7. The number of nitrogens with one attached hydrogen (secondary N) is 1. The zero-order valence-corrected chi connectivity index (χ0v) is 86.2. The van der Waals surface area contributed by atoms with Crippen LogP contribution in [0.1, 0.15) is 62.3 Å². The van der Waals surface area contributed by atoms with Gasteiger partial charge in [-0.05, 0) is 342 Å². The van der Waals surface area contributed by atoms with Crippen molar-refractivity contribution in [1.82, 2.24) is 13.7 Å². The van der Waals surface area contributed by atoms with Gasteiger partial charge in [-0.25, -0.2) is 0 Å². The van der Waals surface area contributed by atoms with Crippen LogP contribution in [0.3, 0.4) is 0 Å². The van der Waals surface area contributed by atoms with Crippen LogP contribution in [0.5, 0.6) is 0 Å². The number of aromatic nitrogens is 3. The summed E-state index contributed by atoms with van der Waals surface area (Å²) in [5.41, 5.74) is 43.2. The van der Waals surface area contributed by atoms with Gasteiger partial charge in [0.15, 0.2) is 0 Å². The molecule has 0 radical (unpaired) electrons. The van der Waals surface area contributed by atoms with Crippen molar-refractivity contribution in [2.75, 3.05) is 15.1 Å². The molecule has 25 aromatic rings. The predicted molar refractivity (Wildman–Crippen MR) is 642 cm³/mol. The number of anilines is 8. The van der Waals surface area contributed by atoms with E-state index in [1.54, 1.807) is 0 Å². The number of para-hydroxylation sites is 6. The lowest BCUT2D eigenvalue weighted by atomic mass is 9.92. The first-order valence-corrected chi connectivity index (χ1v) is 52.2. The van der Waals surface area contributed by atoms with Crippen molar-refractivity contribution in [3.63, 3.8) is 0 Å². The third kappa shape index (κ3) is 19.5. The zero-order chi connectivity index (χ0) is 102. The minimum atomic E-state index is -0.0291. The van der Waals surface area contributed by atoms with E-state index in [0.29, 0.717) is 0 Å². The summed E-state index contributed by atoms with van der Waals surface area (Å²) in [5, 5.41) is 11.3. The second-order valence-corrected chi connectivity index (χ2v) is 42.0. The number of hydrogen-bond acceptors (Lipinski definition) is 3. The van der Waals surface area contributed by atoms with E-state index in [2.05, 4.69) is 619 Å². The molecule has 3 heterocycles. The molecule has 25 rings (SSSR count). The number of rotatable bonds is 19. The fourth-order valence-electron chi connectivity index (χ4n) is 21.9. The SMILES string of the molecule is CC(C)(C)n1c2ccccc2c2cc(-c3ccc(-c4ccc(-c5ccc(N(c6ccccc6)c6ccc(-c7ccccc7)cc6)cc5)cc4)cc3)ccc21.CC(C)(C)n1c2ccccc2c2cc(-c3ccc(-c4ccccc4-c4ccc(Nc5ccccc5)cc4)cc3)ccc21.CC(C)(C)n1c2ccccc2c2cc(-c3cccc(-c4ccccc4-c4ccc(N(c5ccccc5)c5ccc(-c6ccccc6)cc5)cc4)c3)ccc21. The zero-order valence-electron chi connectivity index (χ0n) is 86.2. The van der Waals surface area contributed by atoms with Crippen molar-refractivity contribution in [3.05, 3.63) is 546 Å². The third-order valence-electron chi connectivity index (χ3n) is 29.0. The van der Waals surface area contributed by atoms with E-state index in [1.165, 1.54) is 188 Å². The van der Waals surface area contributed by atoms with E-state index in [1.807, 2.05) is 18.2 Å². The summed E-state index contributed by atoms with van der Waals surface area (Å²) in [6.45, 7) is 20.5. The monoisotopic (exact) mass is 1930 g/mol. The van der Waals surface area contributed by atoms with Crippen molar-refractivity contribution < 1.29 is 0 Å². The molecule has 0 saturated carbocycles. The quantitative estimate of drug-likeness (QED) is 0.0876. The van der Waals surface area contributed by atoms with Crippen molar-refractivity contribution in [1.29, 1.82) is 0 Å². The Labute approximate surface area is 880 Å². The van der Waals surface area contributed by atoms with Gasteiger partial charge in [-0.3, -0.25) is 0 Å². The van der Waals surface area contributed by atoms with Crippen molar-refractivity contribution >= 4 is 111 Å². The van der Waals surface area contributed by atoms with Crippen molar-refractivity contribution in [2.24, 2.45) is 0 Å². The van der Waals surface area contributed by atoms with Crippen molar-refractivity contribution in [2.45, 2.75) is 78.9 Å². The fourth-order valence-corrected chi connectivity index (χ4v) is 21.9. The Morgan fingerprint density at radius 1 is 0.140 bits per heavy atom. The molecule has 3 aromatic heterocycles. The Balaban J connectivity index is 0.000000124. The molecule has 6 heteroatoms. The van der Waals surface area contributed by atoms with Gasteiger partial charge < -0.3 is 28.8 Å². The molecule has 0 fully saturated rings. The number of benzene rings is 22. The molecule has 0 amide bonds. The molecule has 22 aromatic carbocycles. The Kier molecular flexibility index (Phi) is 26.0. The van der Waals surface area contributed by atoms with Gasteiger partial charge >= 0.3 is 0 Å². The van der Waals surface area contributed by atoms with Gasteiger partial charge in [-0.1, -0.05) is 388 Å². The van der Waals surface area contributed by atoms with Gasteiger partial charge in [0.25, 0.3) is 0 Å². The highest BCUT2D eigenvalue weighted by atomic mass is 15.1. The topological polar surface area (TPSA) is 33.3 Å². The van der Waals surface area contributed by atoms with Gasteiger partial charge in [-0.2, -0.15) is 0 Å². The number of hydrogen-bond donors (Lipinski definition) is 1. The molecule has 0 atom stereocenters. The molecule has 0 spiro atoms. The highest BCUT2D eigenvalue weighted by Gasteiger charge is 2.27. The molecule has 0 unspecified atom stereocenters. The summed E-state index contributed by atoms with van der Waals surface area (Å²) in [6.07, 6.45) is 0. The van der Waals surface area contributed by atoms with Gasteiger partial charge in [0.05, 0.1) is 0 Å². The van der Waals surface area contributed by atoms with E-state index >= 15 is 0 Å². The average molecular weight is 1930 g/mol. The van der Waals surface area contributed by atoms with Crippen LogP contribution in [0.4, 0.5) is 45.5 Å². The smallest absolute Gasteiger partial charge is 0.0496 e. The molecule has 724 valence electrons. The Morgan fingerprint density at radius 3 is 0.653 bits per heavy atom. The van der Waals surface area contributed by atoms with Crippen LogP contribution < -0.4 is 15.1 Å². The first kappa shape index (κ1) is 95.2. The lowest BCUT2D eigenvalue weighted by Gasteiger charge is -2.26. The number of nitrogens with zero attached hydrogens (tertiary/aromatic N) is 5. The second kappa shape index (κ2) is 40.9. The van der Waals surface area contributed by atoms with Gasteiger partial charge in [-0.15, -0.1) is 0 Å². The minimum absolute atomic E-state index is 0.00334. The normalized spacial score (nSPS) is 11.6. The van der Waals surface area contributed by atoms with Crippen LogP contribution in [-0.2, 0) is 16.6 Å². The fraction of sp³-hybridized carbons (Fsp3) is 0.0833. The standard InChI is InChI=1S/2C52H42N2.C40H34N2/c1-52(2,3)54-50-24-13-12-23-48(50)49-36-41(29-34-51(49)54)40-17-14-18-42(35-40)47-22-11-10-21-46(47)39-27-32-45(33-28-39)53(43-19-8-5-9-20-43)44-30-25-38(26-31-44)37-15-6-4-7-16-37;1-52(2,3)54-50-17-11-10-16-48(50)49-36-44(30-35-51(49)54)43-24-22-39(23-25-43)38-18-20-40(21-19-38)42-28-33-47(34-29-42)53(45-14-8-5-9-15-45)46-31-26-41(27-32-46)37-12-6-4-7-13-37;1-40(2,3)42-38-16-10-9-15-36(38)37-27-31(23-26-39(37)42)28-17-19-29(20-18-28)34-13-7-8-14-35(34)30-21-24-33(25-22-30)41-32-11-5-4-6-12-32/h2*4-36H,1-3H3;4-27,41H,1-3H3. The molecule has 6 nitrogen and oxygen atoms in total. The molecule has 0 bridgehead atoms. The Hall–Kier alpha value is -18.4. The molecule has 1 N–H and O–H groups in total. The number of fused-ring (bicyclic) bond motifs is 9. The summed E-state index contributed by atoms with van der Waals surface area (Å²) in [6, 6.07) is 197.